The Balaban J connectivity index is 1.70. The Morgan fingerprint density at radius 3 is 2.39 bits per heavy atom. The molecule has 0 radical (unpaired) electrons. The van der Waals surface area contributed by atoms with Gasteiger partial charge in [-0.25, -0.2) is 0 Å². The minimum Gasteiger partial charge on any atom is -0.411 e. The number of ether oxygens (including phenoxy) is 2. The van der Waals surface area contributed by atoms with Gasteiger partial charge in [0.2, 0.25) is 0 Å². The predicted molar refractivity (Wildman–Crippen MR) is 117 cm³/mol. The molecule has 3 unspecified atom stereocenters. The molecule has 7 heteroatoms. The summed E-state index contributed by atoms with van der Waals surface area (Å²) in [7, 11) is -3.27. The molecule has 2 rings (SSSR count). The van der Waals surface area contributed by atoms with Crippen LogP contribution in [0.3, 0.4) is 0 Å². The van der Waals surface area contributed by atoms with E-state index in [2.05, 4.69) is 45.4 Å². The van der Waals surface area contributed by atoms with E-state index in [1.165, 1.54) is 0 Å². The van der Waals surface area contributed by atoms with E-state index in [9.17, 15) is 4.79 Å². The first-order chi connectivity index (χ1) is 13.0. The van der Waals surface area contributed by atoms with Gasteiger partial charge in [-0.2, -0.15) is 0 Å². The van der Waals surface area contributed by atoms with Gasteiger partial charge in [0, 0.05) is 12.0 Å². The number of Topliss-reactive ketones (excluding diaryl/α,β-unsaturated/α-hetero) is 1. The largest absolute Gasteiger partial charge is 0.411 e. The molecule has 160 valence electrons. The van der Waals surface area contributed by atoms with Crippen molar-refractivity contribution in [3.63, 3.8) is 0 Å². The fourth-order valence-corrected chi connectivity index (χ4v) is 5.35. The zero-order valence-electron chi connectivity index (χ0n) is 18.5. The molecule has 0 saturated carbocycles. The highest BCUT2D eigenvalue weighted by atomic mass is 28.4. The van der Waals surface area contributed by atoms with Crippen molar-refractivity contribution in [3.05, 3.63) is 23.8 Å². The predicted octanol–water partition coefficient (Wildman–Crippen LogP) is 4.82. The van der Waals surface area contributed by atoms with E-state index in [4.69, 9.17) is 18.3 Å². The van der Waals surface area contributed by atoms with Crippen molar-refractivity contribution in [1.82, 2.24) is 0 Å². The third kappa shape index (κ3) is 8.84. The highest BCUT2D eigenvalue weighted by Gasteiger charge is 2.31. The van der Waals surface area contributed by atoms with Crippen molar-refractivity contribution in [1.29, 1.82) is 0 Å². The van der Waals surface area contributed by atoms with E-state index in [1.54, 1.807) is 0 Å². The first-order valence-corrected chi connectivity index (χ1v) is 17.4. The lowest BCUT2D eigenvalue weighted by Gasteiger charge is -2.35. The van der Waals surface area contributed by atoms with Crippen LogP contribution in [0.2, 0.25) is 39.3 Å². The maximum atomic E-state index is 12.1. The molecule has 1 aliphatic carbocycles. The van der Waals surface area contributed by atoms with Crippen molar-refractivity contribution < 1.29 is 23.1 Å². The Morgan fingerprint density at radius 2 is 1.71 bits per heavy atom. The van der Waals surface area contributed by atoms with Crippen molar-refractivity contribution in [2.45, 2.75) is 89.9 Å². The molecule has 1 fully saturated rings. The molecule has 0 aromatic rings. The van der Waals surface area contributed by atoms with Crippen molar-refractivity contribution >= 4 is 22.4 Å². The molecule has 5 nitrogen and oxygen atoms in total. The topological polar surface area (TPSA) is 54.0 Å². The molecule has 1 aliphatic heterocycles. The summed E-state index contributed by atoms with van der Waals surface area (Å²) < 4.78 is 23.8. The molecule has 28 heavy (non-hydrogen) atoms. The Morgan fingerprint density at radius 1 is 1.04 bits per heavy atom. The smallest absolute Gasteiger partial charge is 0.187 e. The first-order valence-electron chi connectivity index (χ1n) is 10.5. The van der Waals surface area contributed by atoms with E-state index >= 15 is 0 Å². The van der Waals surface area contributed by atoms with Crippen LogP contribution in [0, 0.1) is 0 Å². The number of carbonyl (C=O) groups is 1. The molecule has 1 heterocycles. The van der Waals surface area contributed by atoms with E-state index in [-0.39, 0.29) is 24.3 Å². The van der Waals surface area contributed by atoms with Crippen molar-refractivity contribution in [3.8, 4) is 0 Å². The lowest BCUT2D eigenvalue weighted by molar-refractivity contribution is -0.218. The van der Waals surface area contributed by atoms with Crippen LogP contribution in [0.1, 0.15) is 32.1 Å². The van der Waals surface area contributed by atoms with Gasteiger partial charge in [0.15, 0.2) is 28.7 Å². The monoisotopic (exact) mass is 426 g/mol. The molecule has 0 aromatic carbocycles. The molecular formula is C21H38O5Si2. The van der Waals surface area contributed by atoms with Crippen LogP contribution in [0.15, 0.2) is 23.8 Å². The van der Waals surface area contributed by atoms with Crippen LogP contribution < -0.4 is 0 Å². The van der Waals surface area contributed by atoms with E-state index in [0.29, 0.717) is 19.6 Å². The SMILES string of the molecule is C[Si](C)(C)OC1C=C(C=CCCCCC2OCCOC2O[Si](C)(C)C)C(=O)C1. The lowest BCUT2D eigenvalue weighted by atomic mass is 10.1. The van der Waals surface area contributed by atoms with Gasteiger partial charge in [-0.15, -0.1) is 0 Å². The summed E-state index contributed by atoms with van der Waals surface area (Å²) in [4.78, 5) is 12.1. The van der Waals surface area contributed by atoms with Gasteiger partial charge in [0.25, 0.3) is 0 Å². The van der Waals surface area contributed by atoms with Crippen LogP contribution in [-0.2, 0) is 23.1 Å². The van der Waals surface area contributed by atoms with Gasteiger partial charge >= 0.3 is 0 Å². The fourth-order valence-electron chi connectivity index (χ4n) is 3.38. The van der Waals surface area contributed by atoms with Crippen LogP contribution in [0.4, 0.5) is 0 Å². The van der Waals surface area contributed by atoms with Crippen LogP contribution >= 0.6 is 0 Å². The number of unbranched alkanes of at least 4 members (excludes halogenated alkanes) is 2. The third-order valence-electron chi connectivity index (χ3n) is 4.46. The Labute approximate surface area is 172 Å². The summed E-state index contributed by atoms with van der Waals surface area (Å²) in [5.41, 5.74) is 0.802. The van der Waals surface area contributed by atoms with Crippen molar-refractivity contribution in [2.24, 2.45) is 0 Å². The highest BCUT2D eigenvalue weighted by molar-refractivity contribution is 6.70. The van der Waals surface area contributed by atoms with E-state index < -0.39 is 16.6 Å². The van der Waals surface area contributed by atoms with Gasteiger partial charge in [0.05, 0.1) is 19.3 Å². The molecule has 2 aliphatic rings. The van der Waals surface area contributed by atoms with Crippen molar-refractivity contribution in [2.75, 3.05) is 13.2 Å². The van der Waals surface area contributed by atoms with Gasteiger partial charge in [-0.3, -0.25) is 4.79 Å². The average molecular weight is 427 g/mol. The highest BCUT2D eigenvalue weighted by Crippen LogP contribution is 2.23. The standard InChI is InChI=1S/C21H38O5Si2/c1-27(2,3)25-18-15-17(19(22)16-18)11-9-7-8-10-12-20-21(24-14-13-23-20)26-28(4,5)6/h9,11,15,18,20-21H,7-8,10,12-14,16H2,1-6H3. The zero-order valence-corrected chi connectivity index (χ0v) is 20.5. The second kappa shape index (κ2) is 10.5. The molecule has 0 amide bonds. The minimum absolute atomic E-state index is 0.0306. The Hall–Kier alpha value is -0.576. The van der Waals surface area contributed by atoms with Crippen LogP contribution in [0.25, 0.3) is 0 Å². The number of hydrogen-bond acceptors (Lipinski definition) is 5. The quantitative estimate of drug-likeness (QED) is 0.370. The lowest BCUT2D eigenvalue weighted by Crippen LogP contribution is -2.45. The molecule has 3 atom stereocenters. The second-order valence-corrected chi connectivity index (χ2v) is 18.5. The minimum atomic E-state index is -1.65. The van der Waals surface area contributed by atoms with Crippen LogP contribution in [0.5, 0.6) is 0 Å². The van der Waals surface area contributed by atoms with Gasteiger partial charge in [-0.1, -0.05) is 18.6 Å². The number of allylic oxidation sites excluding steroid dienone is 3. The summed E-state index contributed by atoms with van der Waals surface area (Å²) in [6.07, 6.45) is 10.3. The average Bonchev–Trinajstić information content (AvgIpc) is 2.88. The molecule has 0 bridgehead atoms. The van der Waals surface area contributed by atoms with Gasteiger partial charge in [-0.05, 0) is 64.6 Å². The second-order valence-electron chi connectivity index (χ2n) is 9.58. The fraction of sp³-hybridized carbons (Fsp3) is 0.762. The maximum Gasteiger partial charge on any atom is 0.187 e. The summed E-state index contributed by atoms with van der Waals surface area (Å²) in [5, 5.41) is 0. The van der Waals surface area contributed by atoms with Gasteiger partial charge < -0.3 is 18.3 Å². The molecular weight excluding hydrogens is 388 g/mol. The Kier molecular flexibility index (Phi) is 8.85. The molecule has 0 N–H and O–H groups in total. The summed E-state index contributed by atoms with van der Waals surface area (Å²) in [6, 6.07) is 0. The number of rotatable bonds is 10. The summed E-state index contributed by atoms with van der Waals surface area (Å²) in [6.45, 7) is 14.2. The first kappa shape index (κ1) is 23.7. The number of carbonyl (C=O) groups excluding carboxylic acids is 1. The molecule has 1 saturated heterocycles. The number of hydrogen-bond donors (Lipinski definition) is 0. The maximum absolute atomic E-state index is 12.1. The van der Waals surface area contributed by atoms with Crippen LogP contribution in [-0.4, -0.2) is 54.1 Å². The zero-order chi connectivity index (χ0) is 20.8. The molecule has 0 spiro atoms. The number of ketones is 1. The normalized spacial score (nSPS) is 26.9. The van der Waals surface area contributed by atoms with Gasteiger partial charge in [0.1, 0.15) is 6.10 Å². The Bertz CT molecular complexity index is 574. The van der Waals surface area contributed by atoms with E-state index in [1.807, 2.05) is 12.2 Å². The van der Waals surface area contributed by atoms with E-state index in [0.717, 1.165) is 31.3 Å². The summed E-state index contributed by atoms with van der Waals surface area (Å²) >= 11 is 0. The molecule has 0 aromatic heterocycles. The summed E-state index contributed by atoms with van der Waals surface area (Å²) in [5.74, 6) is 0.193. The third-order valence-corrected chi connectivity index (χ3v) is 6.41.